The Kier molecular flexibility index (Phi) is 3.80. The summed E-state index contributed by atoms with van der Waals surface area (Å²) >= 11 is 0. The number of hydrogen-bond donors (Lipinski definition) is 1. The summed E-state index contributed by atoms with van der Waals surface area (Å²) in [5.41, 5.74) is 1.12. The fourth-order valence-corrected chi connectivity index (χ4v) is 2.46. The lowest BCUT2D eigenvalue weighted by Gasteiger charge is -2.24. The minimum Gasteiger partial charge on any atom is -0.545 e. The number of para-hydroxylation sites is 1. The van der Waals surface area contributed by atoms with Gasteiger partial charge in [-0.05, 0) is 17.7 Å². The molecule has 0 saturated carbocycles. The van der Waals surface area contributed by atoms with Gasteiger partial charge in [0.25, 0.3) is 5.91 Å². The van der Waals surface area contributed by atoms with Crippen LogP contribution in [0.25, 0.3) is 0 Å². The predicted octanol–water partition coefficient (Wildman–Crippen LogP) is 0.770. The minimum atomic E-state index is -1.40. The number of hydrogen-bond acceptors (Lipinski definition) is 5. The smallest absolute Gasteiger partial charge is 0.339 e. The number of esters is 1. The van der Waals surface area contributed by atoms with Crippen LogP contribution in [0.2, 0.25) is 0 Å². The van der Waals surface area contributed by atoms with Crippen LogP contribution in [0.5, 0.6) is 0 Å². The van der Waals surface area contributed by atoms with Crippen molar-refractivity contribution in [2.75, 3.05) is 5.32 Å². The SMILES string of the molecule is O=C1O[C@@H](C(=O)Nc2ccccc2C(=O)[O-])Cc2ccccc21. The fourth-order valence-electron chi connectivity index (χ4n) is 2.46. The van der Waals surface area contributed by atoms with E-state index in [1.54, 1.807) is 30.3 Å². The van der Waals surface area contributed by atoms with Crippen molar-refractivity contribution in [1.82, 2.24) is 0 Å². The Balaban J connectivity index is 1.81. The molecule has 0 aromatic heterocycles. The molecule has 2 aromatic rings. The molecule has 0 aliphatic carbocycles. The summed E-state index contributed by atoms with van der Waals surface area (Å²) in [6.07, 6.45) is -0.770. The van der Waals surface area contributed by atoms with E-state index in [0.29, 0.717) is 5.56 Å². The summed E-state index contributed by atoms with van der Waals surface area (Å²) in [5.74, 6) is -2.55. The maximum atomic E-state index is 12.3. The lowest BCUT2D eigenvalue weighted by atomic mass is 9.98. The number of nitrogens with one attached hydrogen (secondary N) is 1. The Labute approximate surface area is 131 Å². The van der Waals surface area contributed by atoms with Gasteiger partial charge in [-0.2, -0.15) is 0 Å². The first-order valence-electron chi connectivity index (χ1n) is 6.96. The van der Waals surface area contributed by atoms with Gasteiger partial charge in [-0.15, -0.1) is 0 Å². The second-order valence-corrected chi connectivity index (χ2v) is 5.08. The molecule has 0 fully saturated rings. The van der Waals surface area contributed by atoms with Crippen LogP contribution < -0.4 is 10.4 Å². The standard InChI is InChI=1S/C17H13NO5/c19-15(18-13-8-4-3-7-12(13)16(20)21)14-9-10-5-1-2-6-11(10)17(22)23-14/h1-8,14H,9H2,(H,18,19)(H,20,21)/p-1/t14-/m1/s1. The Morgan fingerprint density at radius 3 is 2.57 bits per heavy atom. The molecule has 1 aliphatic rings. The fraction of sp³-hybridized carbons (Fsp3) is 0.118. The quantitative estimate of drug-likeness (QED) is 0.845. The third kappa shape index (κ3) is 2.91. The Bertz CT molecular complexity index is 799. The Hall–Kier alpha value is -3.15. The third-order valence-corrected chi connectivity index (χ3v) is 3.59. The summed E-state index contributed by atoms with van der Waals surface area (Å²) in [6.45, 7) is 0. The number of aromatic carboxylic acids is 1. The van der Waals surface area contributed by atoms with E-state index in [-0.39, 0.29) is 17.7 Å². The lowest BCUT2D eigenvalue weighted by molar-refractivity contribution is -0.254. The minimum absolute atomic E-state index is 0.104. The summed E-state index contributed by atoms with van der Waals surface area (Å²) in [6, 6.07) is 12.8. The second kappa shape index (κ2) is 5.92. The molecule has 23 heavy (non-hydrogen) atoms. The molecule has 116 valence electrons. The Morgan fingerprint density at radius 2 is 1.78 bits per heavy atom. The zero-order valence-electron chi connectivity index (χ0n) is 11.9. The molecule has 0 unspecified atom stereocenters. The van der Waals surface area contributed by atoms with Crippen LogP contribution >= 0.6 is 0 Å². The number of anilines is 1. The number of ether oxygens (including phenoxy) is 1. The maximum Gasteiger partial charge on any atom is 0.339 e. The van der Waals surface area contributed by atoms with Gasteiger partial charge in [-0.1, -0.05) is 36.4 Å². The van der Waals surface area contributed by atoms with Crippen molar-refractivity contribution in [3.05, 3.63) is 65.2 Å². The number of carboxylic acid groups (broad SMARTS) is 1. The van der Waals surface area contributed by atoms with Gasteiger partial charge in [0.1, 0.15) is 0 Å². The maximum absolute atomic E-state index is 12.3. The molecule has 3 rings (SSSR count). The van der Waals surface area contributed by atoms with Crippen LogP contribution in [-0.4, -0.2) is 23.9 Å². The number of rotatable bonds is 3. The first-order valence-corrected chi connectivity index (χ1v) is 6.96. The molecule has 1 aliphatic heterocycles. The molecule has 2 aromatic carbocycles. The zero-order valence-corrected chi connectivity index (χ0v) is 11.9. The van der Waals surface area contributed by atoms with Crippen molar-refractivity contribution in [2.24, 2.45) is 0 Å². The first kappa shape index (κ1) is 14.8. The van der Waals surface area contributed by atoms with Crippen molar-refractivity contribution >= 4 is 23.5 Å². The molecule has 1 atom stereocenters. The summed E-state index contributed by atoms with van der Waals surface area (Å²) < 4.78 is 5.13. The number of carboxylic acids is 1. The van der Waals surface area contributed by atoms with Crippen molar-refractivity contribution in [3.63, 3.8) is 0 Å². The van der Waals surface area contributed by atoms with Gasteiger partial charge >= 0.3 is 5.97 Å². The number of carbonyl (C=O) groups excluding carboxylic acids is 3. The number of benzene rings is 2. The molecule has 1 amide bonds. The highest BCUT2D eigenvalue weighted by Gasteiger charge is 2.31. The van der Waals surface area contributed by atoms with E-state index in [4.69, 9.17) is 4.74 Å². The molecule has 1 heterocycles. The average molecular weight is 310 g/mol. The summed E-state index contributed by atoms with van der Waals surface area (Å²) in [5, 5.41) is 13.5. The normalized spacial score (nSPS) is 16.2. The van der Waals surface area contributed by atoms with E-state index in [1.165, 1.54) is 18.2 Å². The van der Waals surface area contributed by atoms with E-state index < -0.39 is 23.9 Å². The van der Waals surface area contributed by atoms with Gasteiger partial charge in [0.2, 0.25) is 0 Å². The van der Waals surface area contributed by atoms with E-state index in [9.17, 15) is 19.5 Å². The summed E-state index contributed by atoms with van der Waals surface area (Å²) in [7, 11) is 0. The van der Waals surface area contributed by atoms with Gasteiger partial charge in [0.05, 0.1) is 11.5 Å². The van der Waals surface area contributed by atoms with Crippen molar-refractivity contribution in [3.8, 4) is 0 Å². The number of cyclic esters (lactones) is 1. The van der Waals surface area contributed by atoms with Crippen LogP contribution in [0.4, 0.5) is 5.69 Å². The summed E-state index contributed by atoms with van der Waals surface area (Å²) in [4.78, 5) is 35.3. The number of fused-ring (bicyclic) bond motifs is 1. The van der Waals surface area contributed by atoms with Crippen LogP contribution in [0.3, 0.4) is 0 Å². The molecule has 6 nitrogen and oxygen atoms in total. The highest BCUT2D eigenvalue weighted by molar-refractivity contribution is 6.03. The van der Waals surface area contributed by atoms with Gasteiger partial charge in [0.15, 0.2) is 6.10 Å². The molecular formula is C17H12NO5-. The third-order valence-electron chi connectivity index (χ3n) is 3.59. The van der Waals surface area contributed by atoms with E-state index in [2.05, 4.69) is 5.32 Å². The van der Waals surface area contributed by atoms with Crippen LogP contribution in [0.15, 0.2) is 48.5 Å². The van der Waals surface area contributed by atoms with E-state index >= 15 is 0 Å². The van der Waals surface area contributed by atoms with Gasteiger partial charge in [-0.3, -0.25) is 4.79 Å². The molecular weight excluding hydrogens is 298 g/mol. The molecule has 6 heteroatoms. The molecule has 0 bridgehead atoms. The molecule has 1 N–H and O–H groups in total. The largest absolute Gasteiger partial charge is 0.545 e. The first-order chi connectivity index (χ1) is 11.1. The van der Waals surface area contributed by atoms with Gasteiger partial charge < -0.3 is 20.0 Å². The highest BCUT2D eigenvalue weighted by atomic mass is 16.5. The number of carbonyl (C=O) groups is 3. The topological polar surface area (TPSA) is 95.5 Å². The van der Waals surface area contributed by atoms with Crippen LogP contribution in [0, 0.1) is 0 Å². The monoisotopic (exact) mass is 310 g/mol. The molecule has 0 spiro atoms. The van der Waals surface area contributed by atoms with Crippen molar-refractivity contribution < 1.29 is 24.2 Å². The van der Waals surface area contributed by atoms with E-state index in [1.807, 2.05) is 0 Å². The van der Waals surface area contributed by atoms with Crippen LogP contribution in [-0.2, 0) is 16.0 Å². The zero-order chi connectivity index (χ0) is 16.4. The number of amides is 1. The average Bonchev–Trinajstić information content (AvgIpc) is 2.55. The molecule has 0 radical (unpaired) electrons. The second-order valence-electron chi connectivity index (χ2n) is 5.08. The van der Waals surface area contributed by atoms with Gasteiger partial charge in [-0.25, -0.2) is 4.79 Å². The predicted molar refractivity (Wildman–Crippen MR) is 78.8 cm³/mol. The van der Waals surface area contributed by atoms with Crippen LogP contribution in [0.1, 0.15) is 26.3 Å². The van der Waals surface area contributed by atoms with Crippen molar-refractivity contribution in [2.45, 2.75) is 12.5 Å². The highest BCUT2D eigenvalue weighted by Crippen LogP contribution is 2.22. The van der Waals surface area contributed by atoms with Gasteiger partial charge in [0, 0.05) is 17.7 Å². The van der Waals surface area contributed by atoms with E-state index in [0.717, 1.165) is 5.56 Å². The van der Waals surface area contributed by atoms with Crippen molar-refractivity contribution in [1.29, 1.82) is 0 Å². The lowest BCUT2D eigenvalue weighted by Crippen LogP contribution is -2.38. The molecule has 0 saturated heterocycles. The Morgan fingerprint density at radius 1 is 1.09 bits per heavy atom.